The van der Waals surface area contributed by atoms with Crippen LogP contribution in [0.4, 0.5) is 0 Å². The molecule has 0 aromatic rings. The summed E-state index contributed by atoms with van der Waals surface area (Å²) in [4.78, 5) is 11.8. The van der Waals surface area contributed by atoms with Crippen molar-refractivity contribution in [3.05, 3.63) is 0 Å². The largest absolute Gasteiger partial charge is 0.374 e. The van der Waals surface area contributed by atoms with E-state index < -0.39 is 0 Å². The van der Waals surface area contributed by atoms with E-state index in [1.165, 1.54) is 0 Å². The molecule has 0 aliphatic carbocycles. The minimum Gasteiger partial charge on any atom is -0.374 e. The van der Waals surface area contributed by atoms with Gasteiger partial charge in [0, 0.05) is 26.1 Å². The van der Waals surface area contributed by atoms with E-state index in [2.05, 4.69) is 38.3 Å². The lowest BCUT2D eigenvalue weighted by Crippen LogP contribution is -2.45. The second-order valence-corrected chi connectivity index (χ2v) is 6.58. The van der Waals surface area contributed by atoms with Gasteiger partial charge in [-0.2, -0.15) is 0 Å². The van der Waals surface area contributed by atoms with Gasteiger partial charge in [0.25, 0.3) is 0 Å². The second kappa shape index (κ2) is 7.10. The van der Waals surface area contributed by atoms with Gasteiger partial charge in [-0.1, -0.05) is 27.7 Å². The number of carbonyl (C=O) groups excluding carboxylic acids is 1. The fourth-order valence-corrected chi connectivity index (χ4v) is 2.48. The van der Waals surface area contributed by atoms with E-state index in [0.29, 0.717) is 18.9 Å². The van der Waals surface area contributed by atoms with Crippen LogP contribution < -0.4 is 10.6 Å². The molecule has 0 aromatic heterocycles. The first kappa shape index (κ1) is 15.4. The lowest BCUT2D eigenvalue weighted by atomic mass is 9.84. The third kappa shape index (κ3) is 6.97. The Labute approximate surface area is 111 Å². The third-order valence-electron chi connectivity index (χ3n) is 3.03. The first-order valence-electron chi connectivity index (χ1n) is 6.96. The van der Waals surface area contributed by atoms with Crippen molar-refractivity contribution in [3.63, 3.8) is 0 Å². The number of carbonyl (C=O) groups is 1. The van der Waals surface area contributed by atoms with E-state index in [1.807, 2.05) is 0 Å². The number of hydrogen-bond acceptors (Lipinski definition) is 3. The molecule has 2 atom stereocenters. The van der Waals surface area contributed by atoms with Gasteiger partial charge in [0.15, 0.2) is 0 Å². The minimum absolute atomic E-state index is 0.126. The molecule has 1 amide bonds. The molecule has 106 valence electrons. The molecule has 2 unspecified atom stereocenters. The highest BCUT2D eigenvalue weighted by Gasteiger charge is 2.19. The van der Waals surface area contributed by atoms with E-state index >= 15 is 0 Å². The summed E-state index contributed by atoms with van der Waals surface area (Å²) >= 11 is 0. The van der Waals surface area contributed by atoms with Gasteiger partial charge in [-0.15, -0.1) is 0 Å². The van der Waals surface area contributed by atoms with Crippen molar-refractivity contribution in [1.29, 1.82) is 0 Å². The summed E-state index contributed by atoms with van der Waals surface area (Å²) in [5, 5.41) is 6.22. The Kier molecular flexibility index (Phi) is 6.09. The van der Waals surface area contributed by atoms with Crippen LogP contribution in [0.5, 0.6) is 0 Å². The minimum atomic E-state index is 0.126. The number of amides is 1. The molecule has 0 saturated carbocycles. The molecule has 0 radical (unpaired) electrons. The predicted octanol–water partition coefficient (Wildman–Crippen LogP) is 1.55. The van der Waals surface area contributed by atoms with Gasteiger partial charge in [-0.05, 0) is 17.8 Å². The number of morpholine rings is 1. The van der Waals surface area contributed by atoms with Gasteiger partial charge < -0.3 is 15.4 Å². The lowest BCUT2D eigenvalue weighted by molar-refractivity contribution is -0.122. The molecule has 0 spiro atoms. The van der Waals surface area contributed by atoms with E-state index in [9.17, 15) is 4.79 Å². The Bertz CT molecular complexity index is 255. The van der Waals surface area contributed by atoms with Crippen LogP contribution in [0.2, 0.25) is 0 Å². The number of rotatable bonds is 5. The molecule has 1 fully saturated rings. The van der Waals surface area contributed by atoms with Crippen LogP contribution in [-0.4, -0.2) is 38.3 Å². The molecule has 18 heavy (non-hydrogen) atoms. The standard InChI is InChI=1S/C14H28N2O2/c1-11(8-14(2,3)4)7-13(17)16-10-12-9-15-5-6-18-12/h11-12,15H,5-10H2,1-4H3,(H,16,17). The molecule has 1 rings (SSSR count). The third-order valence-corrected chi connectivity index (χ3v) is 3.03. The first-order chi connectivity index (χ1) is 8.37. The van der Waals surface area contributed by atoms with Gasteiger partial charge in [-0.25, -0.2) is 0 Å². The Morgan fingerprint density at radius 2 is 2.22 bits per heavy atom. The van der Waals surface area contributed by atoms with Crippen molar-refractivity contribution >= 4 is 5.91 Å². The summed E-state index contributed by atoms with van der Waals surface area (Å²) < 4.78 is 5.54. The van der Waals surface area contributed by atoms with Crippen LogP contribution in [0.3, 0.4) is 0 Å². The summed E-state index contributed by atoms with van der Waals surface area (Å²) in [7, 11) is 0. The highest BCUT2D eigenvalue weighted by atomic mass is 16.5. The smallest absolute Gasteiger partial charge is 0.220 e. The highest BCUT2D eigenvalue weighted by molar-refractivity contribution is 5.76. The molecular weight excluding hydrogens is 228 g/mol. The molecule has 1 aliphatic heterocycles. The lowest BCUT2D eigenvalue weighted by Gasteiger charge is -2.25. The van der Waals surface area contributed by atoms with Gasteiger partial charge in [0.05, 0.1) is 12.7 Å². The Morgan fingerprint density at radius 3 is 2.78 bits per heavy atom. The van der Waals surface area contributed by atoms with Crippen molar-refractivity contribution in [3.8, 4) is 0 Å². The molecule has 4 heteroatoms. The molecule has 0 bridgehead atoms. The molecule has 0 aromatic carbocycles. The summed E-state index contributed by atoms with van der Waals surface area (Å²) in [6.45, 7) is 11.9. The fourth-order valence-electron chi connectivity index (χ4n) is 2.48. The Morgan fingerprint density at radius 1 is 1.50 bits per heavy atom. The van der Waals surface area contributed by atoms with E-state index in [0.717, 1.165) is 26.1 Å². The maximum absolute atomic E-state index is 11.8. The van der Waals surface area contributed by atoms with Crippen molar-refractivity contribution in [2.45, 2.75) is 46.6 Å². The van der Waals surface area contributed by atoms with E-state index in [4.69, 9.17) is 4.74 Å². The second-order valence-electron chi connectivity index (χ2n) is 6.58. The van der Waals surface area contributed by atoms with Crippen LogP contribution in [0, 0.1) is 11.3 Å². The highest BCUT2D eigenvalue weighted by Crippen LogP contribution is 2.25. The van der Waals surface area contributed by atoms with Crippen LogP contribution in [0.15, 0.2) is 0 Å². The van der Waals surface area contributed by atoms with Crippen molar-refractivity contribution in [1.82, 2.24) is 10.6 Å². The Balaban J connectivity index is 2.16. The molecule has 2 N–H and O–H groups in total. The quantitative estimate of drug-likeness (QED) is 0.785. The normalized spacial score (nSPS) is 22.6. The van der Waals surface area contributed by atoms with Crippen LogP contribution in [0.1, 0.15) is 40.5 Å². The molecule has 4 nitrogen and oxygen atoms in total. The maximum Gasteiger partial charge on any atom is 0.220 e. The SMILES string of the molecule is CC(CC(=O)NCC1CNCCO1)CC(C)(C)C. The summed E-state index contributed by atoms with van der Waals surface area (Å²) in [5.74, 6) is 0.566. The van der Waals surface area contributed by atoms with Crippen molar-refractivity contribution in [2.24, 2.45) is 11.3 Å². The van der Waals surface area contributed by atoms with Crippen molar-refractivity contribution in [2.75, 3.05) is 26.2 Å². The van der Waals surface area contributed by atoms with Crippen LogP contribution >= 0.6 is 0 Å². The zero-order valence-corrected chi connectivity index (χ0v) is 12.2. The topological polar surface area (TPSA) is 50.4 Å². The van der Waals surface area contributed by atoms with E-state index in [1.54, 1.807) is 0 Å². The maximum atomic E-state index is 11.8. The zero-order chi connectivity index (χ0) is 13.6. The first-order valence-corrected chi connectivity index (χ1v) is 6.96. The van der Waals surface area contributed by atoms with Gasteiger partial charge in [0.2, 0.25) is 5.91 Å². The monoisotopic (exact) mass is 256 g/mol. The Hall–Kier alpha value is -0.610. The summed E-state index contributed by atoms with van der Waals surface area (Å²) in [6, 6.07) is 0. The van der Waals surface area contributed by atoms with E-state index in [-0.39, 0.29) is 17.4 Å². The van der Waals surface area contributed by atoms with Crippen LogP contribution in [-0.2, 0) is 9.53 Å². The molecule has 1 saturated heterocycles. The predicted molar refractivity (Wildman–Crippen MR) is 73.5 cm³/mol. The van der Waals surface area contributed by atoms with Crippen LogP contribution in [0.25, 0.3) is 0 Å². The van der Waals surface area contributed by atoms with Gasteiger partial charge in [-0.3, -0.25) is 4.79 Å². The number of hydrogen-bond donors (Lipinski definition) is 2. The average molecular weight is 256 g/mol. The average Bonchev–Trinajstić information content (AvgIpc) is 2.25. The molecule has 1 heterocycles. The molecule has 1 aliphatic rings. The molecular formula is C14H28N2O2. The zero-order valence-electron chi connectivity index (χ0n) is 12.2. The van der Waals surface area contributed by atoms with Gasteiger partial charge in [0.1, 0.15) is 0 Å². The summed E-state index contributed by atoms with van der Waals surface area (Å²) in [6.07, 6.45) is 1.81. The number of ether oxygens (including phenoxy) is 1. The fraction of sp³-hybridized carbons (Fsp3) is 0.929. The van der Waals surface area contributed by atoms with Gasteiger partial charge >= 0.3 is 0 Å². The summed E-state index contributed by atoms with van der Waals surface area (Å²) in [5.41, 5.74) is 0.288. The number of nitrogens with one attached hydrogen (secondary N) is 2. The van der Waals surface area contributed by atoms with Crippen molar-refractivity contribution < 1.29 is 9.53 Å².